The molecule has 110 valence electrons. The van der Waals surface area contributed by atoms with Crippen molar-refractivity contribution in [1.29, 1.82) is 5.26 Å². The standard InChI is InChI=1S/C17H21N3O/c1-3-4-16(19)14-7-8-20(11-14)12-15-9-13(10-18)5-6-17(15)21-2/h5-9,11,16H,3-4,12,19H2,1-2H3. The van der Waals surface area contributed by atoms with E-state index in [1.54, 1.807) is 13.2 Å². The summed E-state index contributed by atoms with van der Waals surface area (Å²) in [5.74, 6) is 0.794. The van der Waals surface area contributed by atoms with Gasteiger partial charge in [-0.15, -0.1) is 0 Å². The summed E-state index contributed by atoms with van der Waals surface area (Å²) in [5, 5.41) is 9.01. The molecule has 0 saturated heterocycles. The van der Waals surface area contributed by atoms with Crippen molar-refractivity contribution in [2.45, 2.75) is 32.4 Å². The zero-order valence-corrected chi connectivity index (χ0v) is 12.5. The van der Waals surface area contributed by atoms with Gasteiger partial charge < -0.3 is 15.0 Å². The van der Waals surface area contributed by atoms with Crippen LogP contribution in [0, 0.1) is 11.3 Å². The van der Waals surface area contributed by atoms with Gasteiger partial charge >= 0.3 is 0 Å². The molecule has 0 spiro atoms. The maximum Gasteiger partial charge on any atom is 0.123 e. The van der Waals surface area contributed by atoms with E-state index in [-0.39, 0.29) is 6.04 Å². The number of nitrogens with zero attached hydrogens (tertiary/aromatic N) is 2. The largest absolute Gasteiger partial charge is 0.496 e. The van der Waals surface area contributed by atoms with Gasteiger partial charge in [0, 0.05) is 24.0 Å². The van der Waals surface area contributed by atoms with Gasteiger partial charge in [0.15, 0.2) is 0 Å². The fourth-order valence-electron chi connectivity index (χ4n) is 2.42. The molecular weight excluding hydrogens is 262 g/mol. The van der Waals surface area contributed by atoms with Crippen LogP contribution in [0.3, 0.4) is 0 Å². The molecule has 1 atom stereocenters. The van der Waals surface area contributed by atoms with Gasteiger partial charge in [0.1, 0.15) is 5.75 Å². The Morgan fingerprint density at radius 1 is 1.38 bits per heavy atom. The van der Waals surface area contributed by atoms with Crippen LogP contribution in [0.4, 0.5) is 0 Å². The first kappa shape index (κ1) is 15.1. The highest BCUT2D eigenvalue weighted by atomic mass is 16.5. The van der Waals surface area contributed by atoms with Crippen LogP contribution in [-0.2, 0) is 6.54 Å². The molecule has 1 aromatic carbocycles. The second-order valence-electron chi connectivity index (χ2n) is 5.15. The smallest absolute Gasteiger partial charge is 0.123 e. The number of benzene rings is 1. The number of nitrogens with two attached hydrogens (primary N) is 1. The zero-order valence-electron chi connectivity index (χ0n) is 12.5. The van der Waals surface area contributed by atoms with Crippen molar-refractivity contribution < 1.29 is 4.74 Å². The van der Waals surface area contributed by atoms with Gasteiger partial charge in [-0.05, 0) is 36.2 Å². The van der Waals surface area contributed by atoms with Crippen molar-refractivity contribution in [3.8, 4) is 11.8 Å². The Balaban J connectivity index is 2.20. The van der Waals surface area contributed by atoms with E-state index < -0.39 is 0 Å². The maximum atomic E-state index is 9.01. The molecule has 1 unspecified atom stereocenters. The van der Waals surface area contributed by atoms with Crippen molar-refractivity contribution in [1.82, 2.24) is 4.57 Å². The van der Waals surface area contributed by atoms with Crippen molar-refractivity contribution in [3.63, 3.8) is 0 Å². The van der Waals surface area contributed by atoms with Crippen LogP contribution >= 0.6 is 0 Å². The van der Waals surface area contributed by atoms with E-state index in [9.17, 15) is 0 Å². The molecule has 21 heavy (non-hydrogen) atoms. The first-order valence-electron chi connectivity index (χ1n) is 7.16. The van der Waals surface area contributed by atoms with Gasteiger partial charge in [-0.25, -0.2) is 0 Å². The van der Waals surface area contributed by atoms with Gasteiger partial charge in [0.25, 0.3) is 0 Å². The molecule has 0 amide bonds. The molecule has 0 radical (unpaired) electrons. The first-order chi connectivity index (χ1) is 10.2. The minimum absolute atomic E-state index is 0.0867. The molecule has 0 aliphatic heterocycles. The minimum atomic E-state index is 0.0867. The van der Waals surface area contributed by atoms with Crippen LogP contribution < -0.4 is 10.5 Å². The number of hydrogen-bond acceptors (Lipinski definition) is 3. The Bertz CT molecular complexity index is 640. The highest BCUT2D eigenvalue weighted by Crippen LogP contribution is 2.22. The molecule has 4 nitrogen and oxygen atoms in total. The van der Waals surface area contributed by atoms with E-state index in [1.807, 2.05) is 18.3 Å². The van der Waals surface area contributed by atoms with Gasteiger partial charge in [-0.2, -0.15) is 5.26 Å². The van der Waals surface area contributed by atoms with Gasteiger partial charge in [-0.3, -0.25) is 0 Å². The number of methoxy groups -OCH3 is 1. The number of aromatic nitrogens is 1. The fraction of sp³-hybridized carbons (Fsp3) is 0.353. The molecule has 4 heteroatoms. The van der Waals surface area contributed by atoms with Crippen LogP contribution in [0.15, 0.2) is 36.7 Å². The summed E-state index contributed by atoms with van der Waals surface area (Å²) in [6, 6.07) is 9.77. The minimum Gasteiger partial charge on any atom is -0.496 e. The molecule has 0 fully saturated rings. The summed E-state index contributed by atoms with van der Waals surface area (Å²) in [5.41, 5.74) is 8.91. The predicted octanol–water partition coefficient (Wildman–Crippen LogP) is 3.22. The summed E-state index contributed by atoms with van der Waals surface area (Å²) in [6.45, 7) is 2.80. The maximum absolute atomic E-state index is 9.01. The van der Waals surface area contributed by atoms with Crippen molar-refractivity contribution >= 4 is 0 Å². The molecule has 0 aliphatic carbocycles. The van der Waals surface area contributed by atoms with Gasteiger partial charge in [0.05, 0.1) is 25.3 Å². The summed E-state index contributed by atoms with van der Waals surface area (Å²) in [6.07, 6.45) is 6.14. The Kier molecular flexibility index (Phi) is 5.02. The Hall–Kier alpha value is -2.25. The second-order valence-corrected chi connectivity index (χ2v) is 5.15. The van der Waals surface area contributed by atoms with Crippen molar-refractivity contribution in [3.05, 3.63) is 53.3 Å². The number of ether oxygens (including phenoxy) is 1. The quantitative estimate of drug-likeness (QED) is 0.885. The van der Waals surface area contributed by atoms with Crippen LogP contribution in [0.25, 0.3) is 0 Å². The lowest BCUT2D eigenvalue weighted by molar-refractivity contribution is 0.408. The Labute approximate surface area is 125 Å². The third-order valence-corrected chi connectivity index (χ3v) is 3.56. The SMILES string of the molecule is CCCC(N)c1ccn(Cc2cc(C#N)ccc2OC)c1. The lowest BCUT2D eigenvalue weighted by Gasteiger charge is -2.10. The summed E-state index contributed by atoms with van der Waals surface area (Å²) in [4.78, 5) is 0. The van der Waals surface area contributed by atoms with Crippen LogP contribution in [0.1, 0.15) is 42.5 Å². The third-order valence-electron chi connectivity index (χ3n) is 3.56. The van der Waals surface area contributed by atoms with E-state index >= 15 is 0 Å². The predicted molar refractivity (Wildman–Crippen MR) is 83.1 cm³/mol. The number of nitriles is 1. The van der Waals surface area contributed by atoms with E-state index in [4.69, 9.17) is 15.7 Å². The van der Waals surface area contributed by atoms with Crippen molar-refractivity contribution in [2.24, 2.45) is 5.73 Å². The monoisotopic (exact) mass is 283 g/mol. The van der Waals surface area contributed by atoms with Crippen molar-refractivity contribution in [2.75, 3.05) is 7.11 Å². The van der Waals surface area contributed by atoms with E-state index in [1.165, 1.54) is 0 Å². The molecule has 2 N–H and O–H groups in total. The van der Waals surface area contributed by atoms with Crippen LogP contribution in [0.2, 0.25) is 0 Å². The molecule has 0 saturated carbocycles. The molecular formula is C17H21N3O. The highest BCUT2D eigenvalue weighted by Gasteiger charge is 2.09. The average Bonchev–Trinajstić information content (AvgIpc) is 2.96. The topological polar surface area (TPSA) is 64.0 Å². The summed E-state index contributed by atoms with van der Waals surface area (Å²) >= 11 is 0. The summed E-state index contributed by atoms with van der Waals surface area (Å²) < 4.78 is 7.44. The number of rotatable bonds is 6. The molecule has 0 bridgehead atoms. The lowest BCUT2D eigenvalue weighted by Crippen LogP contribution is -2.08. The molecule has 0 aliphatic rings. The number of hydrogen-bond donors (Lipinski definition) is 1. The molecule has 1 aromatic heterocycles. The van der Waals surface area contributed by atoms with Gasteiger partial charge in [0.2, 0.25) is 0 Å². The molecule has 2 aromatic rings. The third kappa shape index (κ3) is 3.65. The van der Waals surface area contributed by atoms with Crippen LogP contribution in [-0.4, -0.2) is 11.7 Å². The van der Waals surface area contributed by atoms with Crippen LogP contribution in [0.5, 0.6) is 5.75 Å². The Morgan fingerprint density at radius 3 is 2.86 bits per heavy atom. The fourth-order valence-corrected chi connectivity index (χ4v) is 2.42. The van der Waals surface area contributed by atoms with E-state index in [2.05, 4.69) is 29.8 Å². The van der Waals surface area contributed by atoms with Gasteiger partial charge in [-0.1, -0.05) is 13.3 Å². The highest BCUT2D eigenvalue weighted by molar-refractivity contribution is 5.42. The normalized spacial score (nSPS) is 11.9. The van der Waals surface area contributed by atoms with E-state index in [0.29, 0.717) is 12.1 Å². The second kappa shape index (κ2) is 6.96. The first-order valence-corrected chi connectivity index (χ1v) is 7.16. The molecule has 1 heterocycles. The molecule has 2 rings (SSSR count). The lowest BCUT2D eigenvalue weighted by atomic mass is 10.1. The summed E-state index contributed by atoms with van der Waals surface area (Å²) in [7, 11) is 1.64. The average molecular weight is 283 g/mol. The Morgan fingerprint density at radius 2 is 2.19 bits per heavy atom. The van der Waals surface area contributed by atoms with E-state index in [0.717, 1.165) is 29.7 Å². The zero-order chi connectivity index (χ0) is 15.2.